The van der Waals surface area contributed by atoms with Crippen LogP contribution in [0.1, 0.15) is 0 Å². The highest BCUT2D eigenvalue weighted by Gasteiger charge is 2.12. The Morgan fingerprint density at radius 1 is 1.21 bits per heavy atom. The van der Waals surface area contributed by atoms with Crippen molar-refractivity contribution in [2.45, 2.75) is 0 Å². The lowest BCUT2D eigenvalue weighted by Gasteiger charge is -2.05. The molecule has 0 aliphatic carbocycles. The van der Waals surface area contributed by atoms with Crippen molar-refractivity contribution in [3.8, 4) is 22.0 Å². The van der Waals surface area contributed by atoms with Crippen LogP contribution in [0.4, 0.5) is 0 Å². The fraction of sp³-hybridized carbons (Fsp3) is 0. The van der Waals surface area contributed by atoms with Crippen LogP contribution in [0.3, 0.4) is 0 Å². The van der Waals surface area contributed by atoms with E-state index in [1.807, 2.05) is 52.9 Å². The van der Waals surface area contributed by atoms with Crippen LogP contribution in [0.5, 0.6) is 0 Å². The molecule has 1 N–H and O–H groups in total. The zero-order chi connectivity index (χ0) is 13.2. The first-order valence-electron chi connectivity index (χ1n) is 5.50. The highest BCUT2D eigenvalue weighted by atomic mass is 127. The lowest BCUT2D eigenvalue weighted by Crippen LogP contribution is -2.14. The van der Waals surface area contributed by atoms with Gasteiger partial charge in [0.1, 0.15) is 3.57 Å². The number of halogens is 1. The molecule has 0 bridgehead atoms. The number of benzene rings is 1. The van der Waals surface area contributed by atoms with Gasteiger partial charge in [0.15, 0.2) is 5.82 Å². The van der Waals surface area contributed by atoms with E-state index < -0.39 is 0 Å². The van der Waals surface area contributed by atoms with Gasteiger partial charge in [-0.15, -0.1) is 11.3 Å². The van der Waals surface area contributed by atoms with Crippen molar-refractivity contribution in [1.82, 2.24) is 15.0 Å². The molecule has 0 atom stereocenters. The summed E-state index contributed by atoms with van der Waals surface area (Å²) in [4.78, 5) is 24.2. The molecule has 2 heterocycles. The maximum absolute atomic E-state index is 12.0. The van der Waals surface area contributed by atoms with Crippen molar-refractivity contribution in [2.75, 3.05) is 0 Å². The highest BCUT2D eigenvalue weighted by molar-refractivity contribution is 14.1. The molecule has 3 aromatic rings. The van der Waals surface area contributed by atoms with Gasteiger partial charge >= 0.3 is 0 Å². The Balaban J connectivity index is 2.23. The van der Waals surface area contributed by atoms with E-state index in [4.69, 9.17) is 0 Å². The summed E-state index contributed by atoms with van der Waals surface area (Å²) < 4.78 is 0.595. The van der Waals surface area contributed by atoms with Crippen molar-refractivity contribution in [3.63, 3.8) is 0 Å². The number of aromatic nitrogens is 3. The Hall–Kier alpha value is -1.54. The zero-order valence-electron chi connectivity index (χ0n) is 9.63. The van der Waals surface area contributed by atoms with Crippen LogP contribution in [0.15, 0.2) is 46.8 Å². The fourth-order valence-electron chi connectivity index (χ4n) is 1.70. The van der Waals surface area contributed by atoms with Crippen molar-refractivity contribution in [3.05, 3.63) is 56.0 Å². The van der Waals surface area contributed by atoms with E-state index >= 15 is 0 Å². The van der Waals surface area contributed by atoms with Crippen LogP contribution < -0.4 is 5.56 Å². The van der Waals surface area contributed by atoms with E-state index in [0.717, 1.165) is 10.4 Å². The number of hydrogen-bond donors (Lipinski definition) is 1. The standard InChI is InChI=1S/C13H8IN3OS/c14-10-11(8-4-2-1-3-5-8)16-12(17-13(10)18)9-6-15-7-19-9/h1-7H,(H,16,17,18). The van der Waals surface area contributed by atoms with Gasteiger partial charge in [-0.3, -0.25) is 9.78 Å². The smallest absolute Gasteiger partial charge is 0.265 e. The second-order valence-electron chi connectivity index (χ2n) is 3.81. The maximum Gasteiger partial charge on any atom is 0.265 e. The van der Waals surface area contributed by atoms with E-state index in [0.29, 0.717) is 15.1 Å². The van der Waals surface area contributed by atoms with Gasteiger partial charge in [0.2, 0.25) is 0 Å². The number of thiazole rings is 1. The van der Waals surface area contributed by atoms with Crippen LogP contribution in [-0.2, 0) is 0 Å². The summed E-state index contributed by atoms with van der Waals surface area (Å²) in [6.45, 7) is 0. The molecule has 0 aliphatic heterocycles. The molecule has 4 nitrogen and oxygen atoms in total. The molecule has 1 aromatic carbocycles. The van der Waals surface area contributed by atoms with Gasteiger partial charge in [0.05, 0.1) is 16.1 Å². The van der Waals surface area contributed by atoms with E-state index in [9.17, 15) is 4.79 Å². The van der Waals surface area contributed by atoms with Gasteiger partial charge in [-0.2, -0.15) is 0 Å². The SMILES string of the molecule is O=c1[nH]c(-c2cncs2)nc(-c2ccccc2)c1I. The topological polar surface area (TPSA) is 58.6 Å². The molecule has 2 aromatic heterocycles. The molecule has 0 radical (unpaired) electrons. The number of hydrogen-bond acceptors (Lipinski definition) is 4. The summed E-state index contributed by atoms with van der Waals surface area (Å²) in [6, 6.07) is 9.69. The second kappa shape index (κ2) is 5.22. The monoisotopic (exact) mass is 381 g/mol. The molecule has 0 aliphatic rings. The summed E-state index contributed by atoms with van der Waals surface area (Å²) in [5.41, 5.74) is 3.23. The van der Waals surface area contributed by atoms with Crippen LogP contribution in [0.2, 0.25) is 0 Å². The average Bonchev–Trinajstić information content (AvgIpc) is 2.97. The summed E-state index contributed by atoms with van der Waals surface area (Å²) in [5.74, 6) is 0.562. The molecular weight excluding hydrogens is 373 g/mol. The van der Waals surface area contributed by atoms with Gasteiger partial charge < -0.3 is 4.98 Å². The predicted molar refractivity (Wildman–Crippen MR) is 84.1 cm³/mol. The molecule has 0 spiro atoms. The maximum atomic E-state index is 12.0. The summed E-state index contributed by atoms with van der Waals surface area (Å²) in [6.07, 6.45) is 1.70. The normalized spacial score (nSPS) is 10.6. The van der Waals surface area contributed by atoms with Gasteiger partial charge in [0.25, 0.3) is 5.56 Å². The number of aromatic amines is 1. The molecule has 3 rings (SSSR count). The minimum absolute atomic E-state index is 0.127. The molecule has 0 amide bonds. The Kier molecular flexibility index (Phi) is 3.43. The molecule has 0 saturated carbocycles. The van der Waals surface area contributed by atoms with Gasteiger partial charge in [-0.25, -0.2) is 4.98 Å². The minimum atomic E-state index is -0.127. The van der Waals surface area contributed by atoms with Gasteiger partial charge in [-0.05, 0) is 22.6 Å². The van der Waals surface area contributed by atoms with Crippen LogP contribution in [-0.4, -0.2) is 15.0 Å². The van der Waals surface area contributed by atoms with E-state index in [1.54, 1.807) is 11.7 Å². The molecule has 94 valence electrons. The highest BCUT2D eigenvalue weighted by Crippen LogP contribution is 2.24. The lowest BCUT2D eigenvalue weighted by atomic mass is 10.1. The number of nitrogens with one attached hydrogen (secondary N) is 1. The van der Waals surface area contributed by atoms with E-state index in [2.05, 4.69) is 15.0 Å². The Bertz CT molecular complexity index is 753. The Labute approximate surface area is 126 Å². The number of H-pyrrole nitrogens is 1. The van der Waals surface area contributed by atoms with Crippen molar-refractivity contribution in [2.24, 2.45) is 0 Å². The molecule has 19 heavy (non-hydrogen) atoms. The predicted octanol–water partition coefficient (Wildman–Crippen LogP) is 3.17. The van der Waals surface area contributed by atoms with Gasteiger partial charge in [-0.1, -0.05) is 30.3 Å². The Morgan fingerprint density at radius 2 is 2.00 bits per heavy atom. The van der Waals surface area contributed by atoms with Gasteiger partial charge in [0, 0.05) is 11.8 Å². The summed E-state index contributed by atoms with van der Waals surface area (Å²) in [7, 11) is 0. The van der Waals surface area contributed by atoms with Crippen molar-refractivity contribution >= 4 is 33.9 Å². The van der Waals surface area contributed by atoms with Crippen LogP contribution >= 0.6 is 33.9 Å². The molecule has 0 fully saturated rings. The minimum Gasteiger partial charge on any atom is -0.305 e. The first kappa shape index (κ1) is 12.5. The quantitative estimate of drug-likeness (QED) is 0.694. The fourth-order valence-corrected chi connectivity index (χ4v) is 2.83. The first-order valence-corrected chi connectivity index (χ1v) is 7.45. The summed E-state index contributed by atoms with van der Waals surface area (Å²) >= 11 is 3.47. The van der Waals surface area contributed by atoms with E-state index in [1.165, 1.54) is 11.3 Å². The van der Waals surface area contributed by atoms with Crippen LogP contribution in [0, 0.1) is 3.57 Å². The third-order valence-corrected chi connectivity index (χ3v) is 4.36. The van der Waals surface area contributed by atoms with Crippen molar-refractivity contribution in [1.29, 1.82) is 0 Å². The molecule has 6 heteroatoms. The second-order valence-corrected chi connectivity index (χ2v) is 5.77. The van der Waals surface area contributed by atoms with Crippen molar-refractivity contribution < 1.29 is 0 Å². The summed E-state index contributed by atoms with van der Waals surface area (Å²) in [5, 5.41) is 0. The average molecular weight is 381 g/mol. The largest absolute Gasteiger partial charge is 0.305 e. The molecule has 0 saturated heterocycles. The lowest BCUT2D eigenvalue weighted by molar-refractivity contribution is 1.12. The number of rotatable bonds is 2. The zero-order valence-corrected chi connectivity index (χ0v) is 12.6. The number of nitrogens with zero attached hydrogens (tertiary/aromatic N) is 2. The third kappa shape index (κ3) is 2.45. The molecule has 0 unspecified atom stereocenters. The molecular formula is C13H8IN3OS. The third-order valence-electron chi connectivity index (χ3n) is 2.58. The van der Waals surface area contributed by atoms with E-state index in [-0.39, 0.29) is 5.56 Å². The Morgan fingerprint density at radius 3 is 2.68 bits per heavy atom. The van der Waals surface area contributed by atoms with Crippen LogP contribution in [0.25, 0.3) is 22.0 Å². The first-order chi connectivity index (χ1) is 9.25.